The summed E-state index contributed by atoms with van der Waals surface area (Å²) in [6, 6.07) is 15.6. The van der Waals surface area contributed by atoms with Crippen molar-refractivity contribution in [2.45, 2.75) is 19.3 Å². The van der Waals surface area contributed by atoms with Gasteiger partial charge in [-0.25, -0.2) is 0 Å². The Kier molecular flexibility index (Phi) is 3.45. The average Bonchev–Trinajstić information content (AvgIpc) is 3.25. The van der Waals surface area contributed by atoms with Crippen molar-refractivity contribution in [3.63, 3.8) is 0 Å². The molecule has 0 aliphatic heterocycles. The third-order valence-corrected chi connectivity index (χ3v) is 4.67. The lowest BCUT2D eigenvalue weighted by Gasteiger charge is -2.08. The summed E-state index contributed by atoms with van der Waals surface area (Å²) in [5.41, 5.74) is 3.36. The fraction of sp³-hybridized carbons (Fsp3) is 0.200. The zero-order valence-corrected chi connectivity index (χ0v) is 13.4. The molecule has 2 aromatic carbocycles. The smallest absolute Gasteiger partial charge is 0.228 e. The summed E-state index contributed by atoms with van der Waals surface area (Å²) in [7, 11) is 0. The van der Waals surface area contributed by atoms with E-state index >= 15 is 0 Å². The van der Waals surface area contributed by atoms with E-state index < -0.39 is 0 Å². The highest BCUT2D eigenvalue weighted by atomic mass is 16.2. The van der Waals surface area contributed by atoms with Gasteiger partial charge in [-0.2, -0.15) is 0 Å². The van der Waals surface area contributed by atoms with Crippen LogP contribution in [0.4, 0.5) is 5.69 Å². The van der Waals surface area contributed by atoms with Crippen molar-refractivity contribution in [2.24, 2.45) is 5.92 Å². The van der Waals surface area contributed by atoms with E-state index in [1.165, 1.54) is 5.56 Å². The molecular formula is C20H18N2O2. The van der Waals surface area contributed by atoms with Crippen LogP contribution in [-0.4, -0.2) is 16.7 Å². The minimum atomic E-state index is -0.00992. The van der Waals surface area contributed by atoms with E-state index in [2.05, 4.69) is 22.4 Å². The van der Waals surface area contributed by atoms with Crippen LogP contribution in [0.1, 0.15) is 35.2 Å². The molecule has 2 N–H and O–H groups in total. The lowest BCUT2D eigenvalue weighted by Crippen LogP contribution is -2.15. The minimum Gasteiger partial charge on any atom is -0.361 e. The maximum atomic E-state index is 12.5. The number of amides is 1. The molecule has 0 saturated heterocycles. The molecule has 0 bridgehead atoms. The molecule has 120 valence electrons. The average molecular weight is 318 g/mol. The molecule has 4 nitrogen and oxygen atoms in total. The molecular weight excluding hydrogens is 300 g/mol. The van der Waals surface area contributed by atoms with Crippen LogP contribution in [0.5, 0.6) is 0 Å². The Morgan fingerprint density at radius 1 is 1.12 bits per heavy atom. The molecule has 1 amide bonds. The van der Waals surface area contributed by atoms with E-state index in [1.54, 1.807) is 19.2 Å². The van der Waals surface area contributed by atoms with Crippen molar-refractivity contribution in [3.05, 3.63) is 65.9 Å². The first-order chi connectivity index (χ1) is 11.6. The van der Waals surface area contributed by atoms with Crippen LogP contribution in [0.2, 0.25) is 0 Å². The standard InChI is InChI=1S/C20H18N2O2/c1-12(23)16-9-14(10-19-15(16)7-8-21-19)22-20(24)18-11-17(18)13-5-3-2-4-6-13/h2-10,17-18,21H,11H2,1H3,(H,22,24)/t17-,18?/m0/s1. The summed E-state index contributed by atoms with van der Waals surface area (Å²) in [6.07, 6.45) is 2.68. The third-order valence-electron chi connectivity index (χ3n) is 4.67. The van der Waals surface area contributed by atoms with Gasteiger partial charge < -0.3 is 10.3 Å². The Morgan fingerprint density at radius 3 is 2.67 bits per heavy atom. The largest absolute Gasteiger partial charge is 0.361 e. The van der Waals surface area contributed by atoms with Crippen molar-refractivity contribution >= 4 is 28.3 Å². The molecule has 3 aromatic rings. The van der Waals surface area contributed by atoms with Gasteiger partial charge in [0.05, 0.1) is 0 Å². The number of carbonyl (C=O) groups excluding carboxylic acids is 2. The second kappa shape index (κ2) is 5.64. The van der Waals surface area contributed by atoms with Gasteiger partial charge in [0.1, 0.15) is 0 Å². The highest BCUT2D eigenvalue weighted by Crippen LogP contribution is 2.47. The van der Waals surface area contributed by atoms with Crippen LogP contribution in [0, 0.1) is 5.92 Å². The van der Waals surface area contributed by atoms with Crippen molar-refractivity contribution in [2.75, 3.05) is 5.32 Å². The molecule has 1 unspecified atom stereocenters. The van der Waals surface area contributed by atoms with Gasteiger partial charge in [0.15, 0.2) is 5.78 Å². The molecule has 1 saturated carbocycles. The van der Waals surface area contributed by atoms with Gasteiger partial charge >= 0.3 is 0 Å². The molecule has 4 heteroatoms. The van der Waals surface area contributed by atoms with Crippen LogP contribution < -0.4 is 5.32 Å². The molecule has 1 aliphatic rings. The quantitative estimate of drug-likeness (QED) is 0.711. The lowest BCUT2D eigenvalue weighted by molar-refractivity contribution is -0.117. The number of aromatic amines is 1. The first-order valence-electron chi connectivity index (χ1n) is 8.11. The number of hydrogen-bond donors (Lipinski definition) is 2. The van der Waals surface area contributed by atoms with Crippen molar-refractivity contribution in [3.8, 4) is 0 Å². The van der Waals surface area contributed by atoms with Gasteiger partial charge in [-0.3, -0.25) is 9.59 Å². The first kappa shape index (κ1) is 14.7. The topological polar surface area (TPSA) is 62.0 Å². The zero-order valence-electron chi connectivity index (χ0n) is 13.4. The highest BCUT2D eigenvalue weighted by Gasteiger charge is 2.43. The number of fused-ring (bicyclic) bond motifs is 1. The Balaban J connectivity index is 1.55. The van der Waals surface area contributed by atoms with Gasteiger partial charge in [-0.1, -0.05) is 30.3 Å². The molecule has 1 heterocycles. The summed E-state index contributed by atoms with van der Waals surface area (Å²) in [5.74, 6) is 0.314. The maximum Gasteiger partial charge on any atom is 0.228 e. The highest BCUT2D eigenvalue weighted by molar-refractivity contribution is 6.09. The summed E-state index contributed by atoms with van der Waals surface area (Å²) in [6.45, 7) is 1.54. The van der Waals surface area contributed by atoms with Gasteiger partial charge in [-0.15, -0.1) is 0 Å². The molecule has 1 aliphatic carbocycles. The van der Waals surface area contributed by atoms with Crippen LogP contribution in [0.3, 0.4) is 0 Å². The second-order valence-corrected chi connectivity index (χ2v) is 6.37. The van der Waals surface area contributed by atoms with E-state index in [1.807, 2.05) is 30.3 Å². The van der Waals surface area contributed by atoms with E-state index in [9.17, 15) is 9.59 Å². The number of ketones is 1. The number of hydrogen-bond acceptors (Lipinski definition) is 2. The van der Waals surface area contributed by atoms with Crippen LogP contribution in [0.25, 0.3) is 10.9 Å². The van der Waals surface area contributed by atoms with Gasteiger partial charge in [0.25, 0.3) is 0 Å². The molecule has 1 fully saturated rings. The number of rotatable bonds is 4. The Labute approximate surface area is 139 Å². The van der Waals surface area contributed by atoms with Crippen LogP contribution in [-0.2, 0) is 4.79 Å². The number of nitrogens with one attached hydrogen (secondary N) is 2. The molecule has 4 rings (SSSR count). The molecule has 1 aromatic heterocycles. The van der Waals surface area contributed by atoms with Crippen molar-refractivity contribution in [1.29, 1.82) is 0 Å². The molecule has 0 radical (unpaired) electrons. The van der Waals surface area contributed by atoms with Crippen molar-refractivity contribution < 1.29 is 9.59 Å². The minimum absolute atomic E-state index is 0.00696. The third kappa shape index (κ3) is 2.60. The maximum absolute atomic E-state index is 12.5. The van der Waals surface area contributed by atoms with Crippen LogP contribution in [0.15, 0.2) is 54.7 Å². The Bertz CT molecular complexity index is 927. The van der Waals surface area contributed by atoms with Gasteiger partial charge in [0.2, 0.25) is 5.91 Å². The number of carbonyl (C=O) groups is 2. The number of benzene rings is 2. The Hall–Kier alpha value is -2.88. The molecule has 2 atom stereocenters. The zero-order chi connectivity index (χ0) is 16.7. The lowest BCUT2D eigenvalue weighted by atomic mass is 10.1. The van der Waals surface area contributed by atoms with Crippen LogP contribution >= 0.6 is 0 Å². The molecule has 0 spiro atoms. The summed E-state index contributed by atoms with van der Waals surface area (Å²) in [5, 5.41) is 3.85. The SMILES string of the molecule is CC(=O)c1cc(NC(=O)C2C[C@H]2c2ccccc2)cc2[nH]ccc12. The van der Waals surface area contributed by atoms with Gasteiger partial charge in [-0.05, 0) is 43.0 Å². The number of anilines is 1. The van der Waals surface area contributed by atoms with E-state index in [-0.39, 0.29) is 17.6 Å². The first-order valence-corrected chi connectivity index (χ1v) is 8.11. The summed E-state index contributed by atoms with van der Waals surface area (Å²) in [4.78, 5) is 27.5. The van der Waals surface area contributed by atoms with E-state index in [0.29, 0.717) is 17.2 Å². The normalized spacial score (nSPS) is 19.2. The fourth-order valence-corrected chi connectivity index (χ4v) is 3.32. The van der Waals surface area contributed by atoms with Gasteiger partial charge in [0, 0.05) is 34.3 Å². The van der Waals surface area contributed by atoms with Crippen molar-refractivity contribution in [1.82, 2.24) is 4.98 Å². The molecule has 24 heavy (non-hydrogen) atoms. The second-order valence-electron chi connectivity index (χ2n) is 6.37. The fourth-order valence-electron chi connectivity index (χ4n) is 3.32. The Morgan fingerprint density at radius 2 is 1.92 bits per heavy atom. The summed E-state index contributed by atoms with van der Waals surface area (Å²) >= 11 is 0. The number of H-pyrrole nitrogens is 1. The van der Waals surface area contributed by atoms with E-state index in [0.717, 1.165) is 17.3 Å². The summed E-state index contributed by atoms with van der Waals surface area (Å²) < 4.78 is 0. The monoisotopic (exact) mass is 318 g/mol. The number of Topliss-reactive ketones (excluding diaryl/α,β-unsaturated/α-hetero) is 1. The van der Waals surface area contributed by atoms with E-state index in [4.69, 9.17) is 0 Å². The predicted molar refractivity (Wildman–Crippen MR) is 94.2 cm³/mol. The number of aromatic nitrogens is 1. The predicted octanol–water partition coefficient (Wildman–Crippen LogP) is 4.11.